The average Bonchev–Trinajstić information content (AvgIpc) is 2.40. The van der Waals surface area contributed by atoms with E-state index in [0.29, 0.717) is 5.92 Å². The summed E-state index contributed by atoms with van der Waals surface area (Å²) in [5, 5.41) is 3.44. The van der Waals surface area contributed by atoms with E-state index < -0.39 is 0 Å². The molecule has 0 unspecified atom stereocenters. The minimum atomic E-state index is 0.594. The Morgan fingerprint density at radius 1 is 1.22 bits per heavy atom. The predicted molar refractivity (Wildman–Crippen MR) is 79.4 cm³/mol. The zero-order chi connectivity index (χ0) is 13.0. The molecule has 18 heavy (non-hydrogen) atoms. The van der Waals surface area contributed by atoms with Crippen LogP contribution in [0.1, 0.15) is 38.2 Å². The second-order valence-corrected chi connectivity index (χ2v) is 5.79. The Labute approximate surface area is 111 Å². The highest BCUT2D eigenvalue weighted by atomic mass is 15.1. The van der Waals surface area contributed by atoms with Gasteiger partial charge in [0.1, 0.15) is 0 Å². The molecule has 1 N–H and O–H groups in total. The molecule has 0 atom stereocenters. The first-order chi connectivity index (χ1) is 8.68. The molecule has 0 saturated carbocycles. The Morgan fingerprint density at radius 3 is 2.56 bits per heavy atom. The zero-order valence-electron chi connectivity index (χ0n) is 11.9. The summed E-state index contributed by atoms with van der Waals surface area (Å²) < 4.78 is 0. The second-order valence-electron chi connectivity index (χ2n) is 5.79. The lowest BCUT2D eigenvalue weighted by molar-refractivity contribution is 0.377. The van der Waals surface area contributed by atoms with Gasteiger partial charge in [-0.1, -0.05) is 32.0 Å². The van der Waals surface area contributed by atoms with Crippen molar-refractivity contribution in [2.24, 2.45) is 5.92 Å². The Bertz CT molecular complexity index is 367. The summed E-state index contributed by atoms with van der Waals surface area (Å²) >= 11 is 0. The first kappa shape index (κ1) is 13.4. The number of benzene rings is 1. The van der Waals surface area contributed by atoms with Gasteiger partial charge in [-0.2, -0.15) is 0 Å². The lowest BCUT2D eigenvalue weighted by Gasteiger charge is -2.30. The number of para-hydroxylation sites is 1. The molecular weight excluding hydrogens is 220 g/mol. The summed E-state index contributed by atoms with van der Waals surface area (Å²) in [6, 6.07) is 8.83. The van der Waals surface area contributed by atoms with Crippen LogP contribution in [0, 0.1) is 5.92 Å². The molecule has 2 nitrogen and oxygen atoms in total. The van der Waals surface area contributed by atoms with Crippen molar-refractivity contribution in [3.63, 3.8) is 0 Å². The van der Waals surface area contributed by atoms with Crippen LogP contribution >= 0.6 is 0 Å². The van der Waals surface area contributed by atoms with E-state index in [2.05, 4.69) is 55.4 Å². The Hall–Kier alpha value is -1.02. The lowest BCUT2D eigenvalue weighted by atomic mass is 9.96. The molecule has 1 saturated heterocycles. The second kappa shape index (κ2) is 6.24. The number of piperidine rings is 1. The maximum atomic E-state index is 3.44. The summed E-state index contributed by atoms with van der Waals surface area (Å²) in [4.78, 5) is 2.45. The van der Waals surface area contributed by atoms with Crippen molar-refractivity contribution in [1.82, 2.24) is 5.32 Å². The van der Waals surface area contributed by atoms with Gasteiger partial charge >= 0.3 is 0 Å². The highest BCUT2D eigenvalue weighted by Crippen LogP contribution is 2.27. The quantitative estimate of drug-likeness (QED) is 0.877. The minimum absolute atomic E-state index is 0.594. The Balaban J connectivity index is 2.05. The smallest absolute Gasteiger partial charge is 0.0398 e. The van der Waals surface area contributed by atoms with Crippen LogP contribution in [0.25, 0.3) is 0 Å². The topological polar surface area (TPSA) is 15.3 Å². The van der Waals surface area contributed by atoms with Crippen LogP contribution in [0.4, 0.5) is 5.69 Å². The molecule has 100 valence electrons. The molecule has 0 aromatic heterocycles. The highest BCUT2D eigenvalue weighted by molar-refractivity contribution is 5.54. The van der Waals surface area contributed by atoms with Gasteiger partial charge in [0.2, 0.25) is 0 Å². The van der Waals surface area contributed by atoms with Gasteiger partial charge in [-0.3, -0.25) is 0 Å². The van der Waals surface area contributed by atoms with Gasteiger partial charge < -0.3 is 10.2 Å². The molecule has 2 heteroatoms. The van der Waals surface area contributed by atoms with Crippen LogP contribution in [0.15, 0.2) is 24.3 Å². The Morgan fingerprint density at radius 2 is 1.89 bits per heavy atom. The Kier molecular flexibility index (Phi) is 4.65. The number of hydrogen-bond acceptors (Lipinski definition) is 2. The molecule has 1 aliphatic heterocycles. The molecule has 0 bridgehead atoms. The van der Waals surface area contributed by atoms with Crippen LogP contribution in [0.3, 0.4) is 0 Å². The summed E-state index contributed by atoms with van der Waals surface area (Å²) in [6.45, 7) is 8.11. The largest absolute Gasteiger partial charge is 0.374 e. The summed E-state index contributed by atoms with van der Waals surface area (Å²) in [5.74, 6) is 1.44. The molecule has 1 fully saturated rings. The summed E-state index contributed by atoms with van der Waals surface area (Å²) in [6.07, 6.45) is 2.63. The summed E-state index contributed by atoms with van der Waals surface area (Å²) in [5.41, 5.74) is 2.87. The number of nitrogens with zero attached hydrogens (tertiary/aromatic N) is 1. The molecule has 0 radical (unpaired) electrons. The van der Waals surface area contributed by atoms with Crippen molar-refractivity contribution in [2.45, 2.75) is 32.6 Å². The molecule has 1 heterocycles. The number of hydrogen-bond donors (Lipinski definition) is 1. The van der Waals surface area contributed by atoms with Gasteiger partial charge in [0, 0.05) is 19.3 Å². The molecule has 1 aromatic carbocycles. The molecule has 0 aliphatic carbocycles. The van der Waals surface area contributed by atoms with Gasteiger partial charge in [0.15, 0.2) is 0 Å². The van der Waals surface area contributed by atoms with Crippen molar-refractivity contribution in [2.75, 3.05) is 31.6 Å². The fourth-order valence-electron chi connectivity index (χ4n) is 2.87. The van der Waals surface area contributed by atoms with Crippen molar-refractivity contribution in [3.05, 3.63) is 29.8 Å². The van der Waals surface area contributed by atoms with Crippen LogP contribution in [-0.4, -0.2) is 26.7 Å². The van der Waals surface area contributed by atoms with E-state index in [4.69, 9.17) is 0 Å². The summed E-state index contributed by atoms with van der Waals surface area (Å²) in [7, 11) is 2.24. The van der Waals surface area contributed by atoms with E-state index in [-0.39, 0.29) is 0 Å². The molecule has 0 spiro atoms. The first-order valence-corrected chi connectivity index (χ1v) is 7.19. The van der Waals surface area contributed by atoms with Gasteiger partial charge in [0.05, 0.1) is 0 Å². The normalized spacial score (nSPS) is 17.1. The van der Waals surface area contributed by atoms with Crippen LogP contribution in [0.5, 0.6) is 0 Å². The fraction of sp³-hybridized carbons (Fsp3) is 0.625. The van der Waals surface area contributed by atoms with Gasteiger partial charge in [-0.05, 0) is 49.4 Å². The molecular formula is C16H26N2. The SMILES string of the molecule is CC(C)c1ccccc1N(C)CC1CCNCC1. The van der Waals surface area contributed by atoms with E-state index >= 15 is 0 Å². The van der Waals surface area contributed by atoms with Crippen molar-refractivity contribution >= 4 is 5.69 Å². The van der Waals surface area contributed by atoms with Crippen LogP contribution in [-0.2, 0) is 0 Å². The predicted octanol–water partition coefficient (Wildman–Crippen LogP) is 3.25. The molecule has 2 rings (SSSR count). The maximum absolute atomic E-state index is 3.44. The van der Waals surface area contributed by atoms with Crippen LogP contribution in [0.2, 0.25) is 0 Å². The van der Waals surface area contributed by atoms with E-state index in [9.17, 15) is 0 Å². The third kappa shape index (κ3) is 3.26. The minimum Gasteiger partial charge on any atom is -0.374 e. The number of nitrogens with one attached hydrogen (secondary N) is 1. The maximum Gasteiger partial charge on any atom is 0.0398 e. The highest BCUT2D eigenvalue weighted by Gasteiger charge is 2.17. The van der Waals surface area contributed by atoms with E-state index in [1.54, 1.807) is 0 Å². The van der Waals surface area contributed by atoms with Crippen molar-refractivity contribution in [1.29, 1.82) is 0 Å². The fourth-order valence-corrected chi connectivity index (χ4v) is 2.87. The van der Waals surface area contributed by atoms with Crippen molar-refractivity contribution in [3.8, 4) is 0 Å². The molecule has 1 aromatic rings. The average molecular weight is 246 g/mol. The number of rotatable bonds is 4. The van der Waals surface area contributed by atoms with E-state index in [1.807, 2.05) is 0 Å². The molecule has 1 aliphatic rings. The lowest BCUT2D eigenvalue weighted by Crippen LogP contribution is -2.34. The zero-order valence-corrected chi connectivity index (χ0v) is 11.9. The van der Waals surface area contributed by atoms with Gasteiger partial charge in [-0.25, -0.2) is 0 Å². The van der Waals surface area contributed by atoms with E-state index in [1.165, 1.54) is 43.7 Å². The van der Waals surface area contributed by atoms with Gasteiger partial charge in [0.25, 0.3) is 0 Å². The van der Waals surface area contributed by atoms with Crippen molar-refractivity contribution < 1.29 is 0 Å². The van der Waals surface area contributed by atoms with Crippen LogP contribution < -0.4 is 10.2 Å². The first-order valence-electron chi connectivity index (χ1n) is 7.19. The number of anilines is 1. The molecule has 0 amide bonds. The monoisotopic (exact) mass is 246 g/mol. The van der Waals surface area contributed by atoms with Gasteiger partial charge in [-0.15, -0.1) is 0 Å². The van der Waals surface area contributed by atoms with E-state index in [0.717, 1.165) is 5.92 Å². The standard InChI is InChI=1S/C16H26N2/c1-13(2)15-6-4-5-7-16(15)18(3)12-14-8-10-17-11-9-14/h4-7,13-14,17H,8-12H2,1-3H3. The third-order valence-corrected chi connectivity index (χ3v) is 3.96. The third-order valence-electron chi connectivity index (χ3n) is 3.96.